The SMILES string of the molecule is c1ccc(-c2cccc(Cn3c4ccccc4c4ccc5c6ccccc6n(-c6ccccc6)c5c43)c2)cc1. The van der Waals surface area contributed by atoms with E-state index in [1.54, 1.807) is 0 Å². The van der Waals surface area contributed by atoms with Gasteiger partial charge in [0, 0.05) is 39.3 Å². The van der Waals surface area contributed by atoms with Crippen molar-refractivity contribution < 1.29 is 0 Å². The van der Waals surface area contributed by atoms with Gasteiger partial charge in [0.2, 0.25) is 0 Å². The van der Waals surface area contributed by atoms with E-state index in [9.17, 15) is 0 Å². The van der Waals surface area contributed by atoms with E-state index in [0.29, 0.717) is 0 Å². The minimum Gasteiger partial charge on any atom is -0.334 e. The van der Waals surface area contributed by atoms with Crippen LogP contribution in [0.1, 0.15) is 5.56 Å². The van der Waals surface area contributed by atoms with Crippen LogP contribution in [0.15, 0.2) is 146 Å². The van der Waals surface area contributed by atoms with Crippen molar-refractivity contribution in [2.75, 3.05) is 0 Å². The molecule has 184 valence electrons. The minimum atomic E-state index is 0.792. The molecule has 6 aromatic carbocycles. The fraction of sp³-hybridized carbons (Fsp3) is 0.0270. The van der Waals surface area contributed by atoms with Crippen LogP contribution < -0.4 is 0 Å². The summed E-state index contributed by atoms with van der Waals surface area (Å²) in [6, 6.07) is 52.6. The van der Waals surface area contributed by atoms with Crippen LogP contribution in [0.4, 0.5) is 0 Å². The number of aromatic nitrogens is 2. The van der Waals surface area contributed by atoms with Crippen LogP contribution in [0.3, 0.4) is 0 Å². The van der Waals surface area contributed by atoms with Gasteiger partial charge in [0.05, 0.1) is 16.6 Å². The number of para-hydroxylation sites is 3. The van der Waals surface area contributed by atoms with E-state index in [2.05, 4.69) is 155 Å². The molecule has 0 saturated carbocycles. The molecule has 2 aromatic heterocycles. The Morgan fingerprint density at radius 2 is 1.00 bits per heavy atom. The summed E-state index contributed by atoms with van der Waals surface area (Å²) in [4.78, 5) is 0. The number of nitrogens with zero attached hydrogens (tertiary/aromatic N) is 2. The molecule has 0 saturated heterocycles. The van der Waals surface area contributed by atoms with Gasteiger partial charge in [-0.1, -0.05) is 115 Å². The number of hydrogen-bond donors (Lipinski definition) is 0. The predicted molar refractivity (Wildman–Crippen MR) is 165 cm³/mol. The third kappa shape index (κ3) is 3.42. The highest BCUT2D eigenvalue weighted by molar-refractivity contribution is 6.23. The Balaban J connectivity index is 1.46. The second-order valence-electron chi connectivity index (χ2n) is 10.2. The Bertz CT molecular complexity index is 2130. The van der Waals surface area contributed by atoms with Crippen LogP contribution in [-0.2, 0) is 6.54 Å². The Kier molecular flexibility index (Phi) is 4.92. The fourth-order valence-electron chi connectivity index (χ4n) is 6.26. The number of fused-ring (bicyclic) bond motifs is 7. The molecule has 0 radical (unpaired) electrons. The van der Waals surface area contributed by atoms with E-state index in [1.807, 2.05) is 0 Å². The summed E-state index contributed by atoms with van der Waals surface area (Å²) < 4.78 is 4.97. The summed E-state index contributed by atoms with van der Waals surface area (Å²) in [5.41, 5.74) is 9.99. The minimum absolute atomic E-state index is 0.792. The van der Waals surface area contributed by atoms with Crippen LogP contribution >= 0.6 is 0 Å². The number of benzene rings is 6. The Morgan fingerprint density at radius 1 is 0.410 bits per heavy atom. The molecule has 0 N–H and O–H groups in total. The van der Waals surface area contributed by atoms with E-state index < -0.39 is 0 Å². The molecule has 39 heavy (non-hydrogen) atoms. The van der Waals surface area contributed by atoms with Gasteiger partial charge >= 0.3 is 0 Å². The first-order chi connectivity index (χ1) is 19.4. The highest BCUT2D eigenvalue weighted by atomic mass is 15.0. The molecule has 0 bridgehead atoms. The van der Waals surface area contributed by atoms with E-state index in [4.69, 9.17) is 0 Å². The Hall–Kier alpha value is -5.08. The first-order valence-electron chi connectivity index (χ1n) is 13.5. The second-order valence-corrected chi connectivity index (χ2v) is 10.2. The zero-order valence-electron chi connectivity index (χ0n) is 21.5. The van der Waals surface area contributed by atoms with E-state index in [-0.39, 0.29) is 0 Å². The van der Waals surface area contributed by atoms with Gasteiger partial charge in [0.15, 0.2) is 0 Å². The molecule has 2 heteroatoms. The molecule has 0 unspecified atom stereocenters. The average molecular weight is 499 g/mol. The Morgan fingerprint density at radius 3 is 1.77 bits per heavy atom. The summed E-state index contributed by atoms with van der Waals surface area (Å²) >= 11 is 0. The molecular formula is C37H26N2. The van der Waals surface area contributed by atoms with Gasteiger partial charge in [-0.3, -0.25) is 0 Å². The van der Waals surface area contributed by atoms with Crippen molar-refractivity contribution >= 4 is 43.6 Å². The lowest BCUT2D eigenvalue weighted by Gasteiger charge is -2.13. The van der Waals surface area contributed by atoms with Crippen molar-refractivity contribution in [1.82, 2.24) is 9.13 Å². The van der Waals surface area contributed by atoms with Gasteiger partial charge in [-0.15, -0.1) is 0 Å². The van der Waals surface area contributed by atoms with Crippen LogP contribution in [-0.4, -0.2) is 9.13 Å². The first kappa shape index (κ1) is 22.0. The molecule has 0 spiro atoms. The lowest BCUT2D eigenvalue weighted by atomic mass is 10.0. The summed E-state index contributed by atoms with van der Waals surface area (Å²) in [5.74, 6) is 0. The summed E-state index contributed by atoms with van der Waals surface area (Å²) in [7, 11) is 0. The monoisotopic (exact) mass is 498 g/mol. The van der Waals surface area contributed by atoms with Crippen molar-refractivity contribution in [2.24, 2.45) is 0 Å². The summed E-state index contributed by atoms with van der Waals surface area (Å²) in [5, 5.41) is 5.14. The largest absolute Gasteiger partial charge is 0.334 e. The zero-order chi connectivity index (χ0) is 25.8. The third-order valence-electron chi connectivity index (χ3n) is 7.95. The summed E-state index contributed by atoms with van der Waals surface area (Å²) in [6.07, 6.45) is 0. The van der Waals surface area contributed by atoms with Crippen molar-refractivity contribution in [3.8, 4) is 16.8 Å². The average Bonchev–Trinajstić information content (AvgIpc) is 3.51. The van der Waals surface area contributed by atoms with Gasteiger partial charge in [0.1, 0.15) is 0 Å². The standard InChI is InChI=1S/C37H26N2/c1-3-13-27(14-4-1)28-15-11-12-26(24-28)25-38-34-20-9-7-18-30(34)32-22-23-33-31-19-8-10-21-35(31)39(37(33)36(32)38)29-16-5-2-6-17-29/h1-24H,25H2. The summed E-state index contributed by atoms with van der Waals surface area (Å²) in [6.45, 7) is 0.792. The maximum atomic E-state index is 2.52. The maximum absolute atomic E-state index is 2.52. The highest BCUT2D eigenvalue weighted by Gasteiger charge is 2.20. The molecule has 8 aromatic rings. The van der Waals surface area contributed by atoms with Gasteiger partial charge in [-0.05, 0) is 47.0 Å². The molecule has 0 aliphatic heterocycles. The zero-order valence-corrected chi connectivity index (χ0v) is 21.5. The van der Waals surface area contributed by atoms with Crippen molar-refractivity contribution in [2.45, 2.75) is 6.54 Å². The Labute approximate surface area is 227 Å². The molecule has 0 atom stereocenters. The van der Waals surface area contributed by atoms with Crippen molar-refractivity contribution in [3.63, 3.8) is 0 Å². The highest BCUT2D eigenvalue weighted by Crippen LogP contribution is 2.40. The topological polar surface area (TPSA) is 9.86 Å². The van der Waals surface area contributed by atoms with E-state index in [1.165, 1.54) is 66.0 Å². The second kappa shape index (κ2) is 8.75. The van der Waals surface area contributed by atoms with Crippen LogP contribution in [0, 0.1) is 0 Å². The number of hydrogen-bond acceptors (Lipinski definition) is 0. The van der Waals surface area contributed by atoms with Gasteiger partial charge < -0.3 is 9.13 Å². The molecule has 0 aliphatic carbocycles. The molecule has 2 heterocycles. The van der Waals surface area contributed by atoms with Gasteiger partial charge in [-0.2, -0.15) is 0 Å². The lowest BCUT2D eigenvalue weighted by molar-refractivity contribution is 0.870. The molecule has 8 rings (SSSR count). The van der Waals surface area contributed by atoms with Crippen molar-refractivity contribution in [3.05, 3.63) is 151 Å². The third-order valence-corrected chi connectivity index (χ3v) is 7.95. The van der Waals surface area contributed by atoms with Gasteiger partial charge in [-0.25, -0.2) is 0 Å². The quantitative estimate of drug-likeness (QED) is 0.229. The lowest BCUT2D eigenvalue weighted by Crippen LogP contribution is -2.02. The predicted octanol–water partition coefficient (Wildman–Crippen LogP) is 9.61. The van der Waals surface area contributed by atoms with Crippen LogP contribution in [0.25, 0.3) is 60.4 Å². The van der Waals surface area contributed by atoms with E-state index >= 15 is 0 Å². The normalized spacial score (nSPS) is 11.7. The van der Waals surface area contributed by atoms with Crippen molar-refractivity contribution in [1.29, 1.82) is 0 Å². The maximum Gasteiger partial charge on any atom is 0.0785 e. The first-order valence-corrected chi connectivity index (χ1v) is 13.5. The van der Waals surface area contributed by atoms with E-state index in [0.717, 1.165) is 6.54 Å². The molecular weight excluding hydrogens is 472 g/mol. The van der Waals surface area contributed by atoms with Crippen LogP contribution in [0.5, 0.6) is 0 Å². The number of rotatable bonds is 4. The molecule has 2 nitrogen and oxygen atoms in total. The molecule has 0 fully saturated rings. The smallest absolute Gasteiger partial charge is 0.0785 e. The molecule has 0 amide bonds. The van der Waals surface area contributed by atoms with Gasteiger partial charge in [0.25, 0.3) is 0 Å². The van der Waals surface area contributed by atoms with Crippen LogP contribution in [0.2, 0.25) is 0 Å². The molecule has 0 aliphatic rings. The fourth-order valence-corrected chi connectivity index (χ4v) is 6.26.